The number of fused-ring (bicyclic) bond motifs is 3. The summed E-state index contributed by atoms with van der Waals surface area (Å²) in [7, 11) is 2.14. The number of anilines is 2. The van der Waals surface area contributed by atoms with Gasteiger partial charge in [0, 0.05) is 18.5 Å². The highest BCUT2D eigenvalue weighted by molar-refractivity contribution is 6.12. The Labute approximate surface area is 170 Å². The maximum atomic E-state index is 13.4. The number of hydrogen-bond donors (Lipinski definition) is 0. The van der Waals surface area contributed by atoms with Crippen LogP contribution in [0, 0.1) is 0 Å². The van der Waals surface area contributed by atoms with Gasteiger partial charge in [-0.2, -0.15) is 4.98 Å². The van der Waals surface area contributed by atoms with E-state index in [-0.39, 0.29) is 11.9 Å². The number of aromatic nitrogens is 2. The molecule has 0 radical (unpaired) electrons. The first-order chi connectivity index (χ1) is 14.0. The summed E-state index contributed by atoms with van der Waals surface area (Å²) < 4.78 is 5.58. The third-order valence-corrected chi connectivity index (χ3v) is 6.20. The zero-order valence-electron chi connectivity index (χ0n) is 17.0. The number of hydrogen-bond acceptors (Lipinski definition) is 7. The molecule has 2 aromatic rings. The van der Waals surface area contributed by atoms with Crippen molar-refractivity contribution in [2.75, 3.05) is 23.4 Å². The lowest BCUT2D eigenvalue weighted by molar-refractivity contribution is -0.120. The second kappa shape index (κ2) is 6.95. The average molecular weight is 394 g/mol. The molecule has 8 heteroatoms. The number of para-hydroxylation sites is 2. The van der Waals surface area contributed by atoms with Crippen LogP contribution in [-0.4, -0.2) is 59.0 Å². The fourth-order valence-electron chi connectivity index (χ4n) is 4.71. The summed E-state index contributed by atoms with van der Waals surface area (Å²) in [5.41, 5.74) is 1.88. The van der Waals surface area contributed by atoms with E-state index < -0.39 is 12.1 Å². The van der Waals surface area contributed by atoms with Crippen molar-refractivity contribution in [2.45, 2.75) is 57.3 Å². The Balaban J connectivity index is 1.44. The molecule has 0 N–H and O–H groups in total. The van der Waals surface area contributed by atoms with Gasteiger partial charge in [0.2, 0.25) is 0 Å². The van der Waals surface area contributed by atoms with Gasteiger partial charge in [-0.25, -0.2) is 0 Å². The van der Waals surface area contributed by atoms with Gasteiger partial charge in [-0.05, 0) is 52.4 Å². The predicted octanol–water partition coefficient (Wildman–Crippen LogP) is 2.42. The molecule has 0 bridgehead atoms. The molecule has 1 saturated heterocycles. The van der Waals surface area contributed by atoms with Crippen molar-refractivity contribution in [3.05, 3.63) is 36.0 Å². The van der Waals surface area contributed by atoms with Crippen molar-refractivity contribution in [2.24, 2.45) is 4.99 Å². The van der Waals surface area contributed by atoms with Crippen LogP contribution in [0.2, 0.25) is 0 Å². The summed E-state index contributed by atoms with van der Waals surface area (Å²) in [5.74, 6) is 1.12. The van der Waals surface area contributed by atoms with Crippen LogP contribution in [-0.2, 0) is 11.2 Å². The summed E-state index contributed by atoms with van der Waals surface area (Å²) in [6.07, 6.45) is 4.85. The van der Waals surface area contributed by atoms with Crippen LogP contribution in [0.25, 0.3) is 0 Å². The van der Waals surface area contributed by atoms with Crippen molar-refractivity contribution < 1.29 is 9.32 Å². The number of likely N-dealkylation sites (tertiary alicyclic amines) is 1. The van der Waals surface area contributed by atoms with Gasteiger partial charge < -0.3 is 19.2 Å². The first-order valence-corrected chi connectivity index (χ1v) is 10.3. The summed E-state index contributed by atoms with van der Waals surface area (Å²) in [6.45, 7) is 5.16. The van der Waals surface area contributed by atoms with Crippen LogP contribution in [0.15, 0.2) is 33.8 Å². The van der Waals surface area contributed by atoms with E-state index in [0.717, 1.165) is 30.8 Å². The molecular formula is C21H26N6O2. The Morgan fingerprint density at radius 1 is 1.24 bits per heavy atom. The highest BCUT2D eigenvalue weighted by Gasteiger charge is 2.48. The molecule has 8 nitrogen and oxygen atoms in total. The van der Waals surface area contributed by atoms with Crippen LogP contribution >= 0.6 is 0 Å². The van der Waals surface area contributed by atoms with E-state index in [1.54, 1.807) is 6.34 Å². The number of amides is 1. The number of carbonyl (C=O) groups excluding carboxylic acids is 1. The fraction of sp³-hybridized carbons (Fsp3) is 0.524. The molecule has 3 aliphatic heterocycles. The molecule has 3 aliphatic rings. The van der Waals surface area contributed by atoms with Crippen LogP contribution in [0.1, 0.15) is 44.4 Å². The topological polar surface area (TPSA) is 78.1 Å². The quantitative estimate of drug-likeness (QED) is 0.793. The lowest BCUT2D eigenvalue weighted by Crippen LogP contribution is -2.55. The molecule has 0 spiro atoms. The molecule has 3 unspecified atom stereocenters. The van der Waals surface area contributed by atoms with Crippen molar-refractivity contribution in [1.82, 2.24) is 15.0 Å². The first kappa shape index (κ1) is 18.3. The summed E-state index contributed by atoms with van der Waals surface area (Å²) >= 11 is 0. The third kappa shape index (κ3) is 2.93. The zero-order valence-corrected chi connectivity index (χ0v) is 17.0. The van der Waals surface area contributed by atoms with Crippen LogP contribution in [0.3, 0.4) is 0 Å². The minimum atomic E-state index is -0.491. The SMILES string of the molecule is CC(C)N1C(=O)C2C(c3nc(CC4CCCN4C)no3)N=CN2c2ccccc21. The van der Waals surface area contributed by atoms with E-state index in [2.05, 4.69) is 27.1 Å². The summed E-state index contributed by atoms with van der Waals surface area (Å²) in [6, 6.07) is 7.45. The van der Waals surface area contributed by atoms with Gasteiger partial charge in [0.1, 0.15) is 6.04 Å². The number of rotatable bonds is 4. The largest absolute Gasteiger partial charge is 0.337 e. The minimum Gasteiger partial charge on any atom is -0.337 e. The molecule has 3 atom stereocenters. The average Bonchev–Trinajstić information content (AvgIpc) is 3.42. The molecule has 0 saturated carbocycles. The van der Waals surface area contributed by atoms with Gasteiger partial charge in [-0.1, -0.05) is 17.3 Å². The van der Waals surface area contributed by atoms with Gasteiger partial charge >= 0.3 is 0 Å². The monoisotopic (exact) mass is 394 g/mol. The second-order valence-electron chi connectivity index (χ2n) is 8.38. The number of likely N-dealkylation sites (N-methyl/N-ethyl adjacent to an activating group) is 1. The lowest BCUT2D eigenvalue weighted by atomic mass is 10.00. The maximum absolute atomic E-state index is 13.4. The highest BCUT2D eigenvalue weighted by Crippen LogP contribution is 2.43. The Bertz CT molecular complexity index is 954. The molecule has 1 fully saturated rings. The summed E-state index contributed by atoms with van der Waals surface area (Å²) in [5, 5.41) is 4.19. The third-order valence-electron chi connectivity index (χ3n) is 6.20. The number of benzene rings is 1. The minimum absolute atomic E-state index is 0.0106. The van der Waals surface area contributed by atoms with Crippen LogP contribution in [0.4, 0.5) is 11.4 Å². The smallest absolute Gasteiger partial charge is 0.254 e. The Hall–Kier alpha value is -2.74. The molecule has 0 aliphatic carbocycles. The van der Waals surface area contributed by atoms with Crippen molar-refractivity contribution in [1.29, 1.82) is 0 Å². The van der Waals surface area contributed by atoms with Crippen LogP contribution < -0.4 is 9.80 Å². The van der Waals surface area contributed by atoms with Gasteiger partial charge in [0.25, 0.3) is 11.8 Å². The van der Waals surface area contributed by atoms with Gasteiger partial charge in [-0.3, -0.25) is 9.79 Å². The van der Waals surface area contributed by atoms with E-state index in [1.807, 2.05) is 47.9 Å². The lowest BCUT2D eigenvalue weighted by Gasteiger charge is -2.41. The number of nitrogens with zero attached hydrogens (tertiary/aromatic N) is 6. The molecule has 1 aromatic heterocycles. The molecule has 152 valence electrons. The van der Waals surface area contributed by atoms with Crippen LogP contribution in [0.5, 0.6) is 0 Å². The Morgan fingerprint density at radius 3 is 2.76 bits per heavy atom. The molecule has 1 amide bonds. The van der Waals surface area contributed by atoms with Crippen molar-refractivity contribution in [3.63, 3.8) is 0 Å². The molecule has 1 aromatic carbocycles. The molecule has 5 rings (SSSR count). The van der Waals surface area contributed by atoms with Gasteiger partial charge in [0.15, 0.2) is 11.9 Å². The van der Waals surface area contributed by atoms with E-state index in [4.69, 9.17) is 4.52 Å². The second-order valence-corrected chi connectivity index (χ2v) is 8.38. The molecule has 4 heterocycles. The zero-order chi connectivity index (χ0) is 20.1. The maximum Gasteiger partial charge on any atom is 0.254 e. The number of carbonyl (C=O) groups is 1. The first-order valence-electron chi connectivity index (χ1n) is 10.3. The van der Waals surface area contributed by atoms with Gasteiger partial charge in [0.05, 0.1) is 17.7 Å². The normalized spacial score (nSPS) is 26.5. The van der Waals surface area contributed by atoms with E-state index in [0.29, 0.717) is 17.8 Å². The standard InChI is InChI=1S/C21H26N6O2/c1-13(2)27-16-9-5-4-8-15(16)26-12-22-18(19(26)21(27)28)20-23-17(24-29-20)11-14-7-6-10-25(14)3/h4-5,8-9,12-14,18-19H,6-7,10-11H2,1-3H3. The van der Waals surface area contributed by atoms with E-state index in [9.17, 15) is 4.79 Å². The Morgan fingerprint density at radius 2 is 2.03 bits per heavy atom. The van der Waals surface area contributed by atoms with Gasteiger partial charge in [-0.15, -0.1) is 0 Å². The predicted molar refractivity (Wildman–Crippen MR) is 110 cm³/mol. The number of aliphatic imine (C=N–C) groups is 1. The fourth-order valence-corrected chi connectivity index (χ4v) is 4.71. The Kier molecular flexibility index (Phi) is 4.38. The van der Waals surface area contributed by atoms with E-state index >= 15 is 0 Å². The molecule has 29 heavy (non-hydrogen) atoms. The van der Waals surface area contributed by atoms with E-state index in [1.165, 1.54) is 6.42 Å². The van der Waals surface area contributed by atoms with Crippen molar-refractivity contribution in [3.8, 4) is 0 Å². The van der Waals surface area contributed by atoms with Crippen molar-refractivity contribution >= 4 is 23.6 Å². The summed E-state index contributed by atoms with van der Waals surface area (Å²) in [4.78, 5) is 28.8. The molecular weight excluding hydrogens is 368 g/mol. The highest BCUT2D eigenvalue weighted by atomic mass is 16.5.